The first kappa shape index (κ1) is 22.5. The van der Waals surface area contributed by atoms with Crippen LogP contribution >= 0.6 is 11.8 Å². The summed E-state index contributed by atoms with van der Waals surface area (Å²) in [6.45, 7) is 5.11. The van der Waals surface area contributed by atoms with Crippen molar-refractivity contribution in [3.05, 3.63) is 81.6 Å². The van der Waals surface area contributed by atoms with Gasteiger partial charge in [-0.25, -0.2) is 4.98 Å². The first-order valence-corrected chi connectivity index (χ1v) is 13.5. The molecule has 0 N–H and O–H groups in total. The zero-order valence-corrected chi connectivity index (χ0v) is 20.7. The molecule has 5 rings (SSSR count). The number of nitrogens with zero attached hydrogens (tertiary/aromatic N) is 2. The molecule has 0 spiro atoms. The first-order valence-electron chi connectivity index (χ1n) is 12.5. The summed E-state index contributed by atoms with van der Waals surface area (Å²) in [6.07, 6.45) is 8.27. The Hall–Kier alpha value is -2.33. The number of hydrogen-bond acceptors (Lipinski definition) is 3. The summed E-state index contributed by atoms with van der Waals surface area (Å²) in [5.41, 5.74) is 5.56. The normalized spacial score (nSPS) is 20.3. The van der Waals surface area contributed by atoms with Crippen molar-refractivity contribution in [2.75, 3.05) is 5.75 Å². The molecule has 1 unspecified atom stereocenters. The Balaban J connectivity index is 1.73. The van der Waals surface area contributed by atoms with Crippen LogP contribution < -0.4 is 5.56 Å². The molecule has 0 radical (unpaired) electrons. The fourth-order valence-corrected chi connectivity index (χ4v) is 6.78. The van der Waals surface area contributed by atoms with Crippen LogP contribution in [0.4, 0.5) is 0 Å². The van der Waals surface area contributed by atoms with Crippen LogP contribution in [0.5, 0.6) is 0 Å². The molecule has 3 aromatic rings. The molecule has 1 atom stereocenters. The fourth-order valence-electron chi connectivity index (χ4n) is 5.93. The van der Waals surface area contributed by atoms with E-state index in [0.29, 0.717) is 12.5 Å². The van der Waals surface area contributed by atoms with Gasteiger partial charge in [-0.2, -0.15) is 0 Å². The molecule has 1 aromatic heterocycles. The molecule has 2 aliphatic carbocycles. The van der Waals surface area contributed by atoms with Crippen LogP contribution in [0.2, 0.25) is 0 Å². The summed E-state index contributed by atoms with van der Waals surface area (Å²) in [6, 6.07) is 19.0. The molecule has 4 heteroatoms. The maximum Gasteiger partial charge on any atom is 0.258 e. The minimum absolute atomic E-state index is 0.166. The summed E-state index contributed by atoms with van der Waals surface area (Å²) in [5.74, 6) is 1.49. The third-order valence-corrected chi connectivity index (χ3v) is 8.84. The van der Waals surface area contributed by atoms with Crippen molar-refractivity contribution >= 4 is 11.8 Å². The molecule has 0 amide bonds. The molecule has 2 aromatic carbocycles. The van der Waals surface area contributed by atoms with Crippen LogP contribution in [0.15, 0.2) is 64.5 Å². The summed E-state index contributed by atoms with van der Waals surface area (Å²) >= 11 is 1.72. The van der Waals surface area contributed by atoms with Gasteiger partial charge in [0, 0.05) is 16.7 Å². The highest BCUT2D eigenvalue weighted by molar-refractivity contribution is 7.99. The quantitative estimate of drug-likeness (QED) is 0.299. The van der Waals surface area contributed by atoms with Gasteiger partial charge in [-0.15, -0.1) is 0 Å². The van der Waals surface area contributed by atoms with Gasteiger partial charge in [0.25, 0.3) is 5.56 Å². The average molecular weight is 459 g/mol. The van der Waals surface area contributed by atoms with Crippen LogP contribution in [-0.4, -0.2) is 15.3 Å². The standard InChI is InChI=1S/C29H34N2OS/c1-3-18-33-28-30-26-24-17-11-10-14-22(24)19-29(2,23-15-8-5-9-16-23)25(26)27(32)31(28)20-21-12-6-4-7-13-21/h4,6-7,10-14,17,23H,3,5,8-9,15-16,18-20H2,1-2H3. The second-order valence-electron chi connectivity index (χ2n) is 9.93. The number of aromatic nitrogens is 2. The summed E-state index contributed by atoms with van der Waals surface area (Å²) in [4.78, 5) is 19.6. The lowest BCUT2D eigenvalue weighted by Gasteiger charge is -2.44. The van der Waals surface area contributed by atoms with E-state index in [9.17, 15) is 4.79 Å². The minimum Gasteiger partial charge on any atom is -0.283 e. The lowest BCUT2D eigenvalue weighted by molar-refractivity contribution is 0.212. The second kappa shape index (κ2) is 9.50. The van der Waals surface area contributed by atoms with Crippen molar-refractivity contribution in [3.8, 4) is 11.3 Å². The SMILES string of the molecule is CCCSc1nc2c(c(=O)n1Cc1ccccc1)C(C)(C1CCCCC1)Cc1ccccc1-2. The van der Waals surface area contributed by atoms with Gasteiger partial charge in [0.2, 0.25) is 0 Å². The average Bonchev–Trinajstić information content (AvgIpc) is 2.85. The lowest BCUT2D eigenvalue weighted by atomic mass is 9.60. The van der Waals surface area contributed by atoms with Gasteiger partial charge >= 0.3 is 0 Å². The number of hydrogen-bond donors (Lipinski definition) is 0. The van der Waals surface area contributed by atoms with Crippen molar-refractivity contribution in [1.29, 1.82) is 0 Å². The van der Waals surface area contributed by atoms with Crippen LogP contribution in [0, 0.1) is 5.92 Å². The van der Waals surface area contributed by atoms with Gasteiger partial charge in [0.05, 0.1) is 17.8 Å². The van der Waals surface area contributed by atoms with Crippen molar-refractivity contribution in [1.82, 2.24) is 9.55 Å². The van der Waals surface area contributed by atoms with Gasteiger partial charge in [-0.1, -0.05) is 99.5 Å². The van der Waals surface area contributed by atoms with E-state index < -0.39 is 0 Å². The van der Waals surface area contributed by atoms with E-state index in [1.54, 1.807) is 11.8 Å². The van der Waals surface area contributed by atoms with E-state index in [4.69, 9.17) is 4.98 Å². The van der Waals surface area contributed by atoms with Crippen molar-refractivity contribution < 1.29 is 0 Å². The van der Waals surface area contributed by atoms with Crippen LogP contribution in [-0.2, 0) is 18.4 Å². The summed E-state index contributed by atoms with van der Waals surface area (Å²) in [5, 5.41) is 0.854. The van der Waals surface area contributed by atoms with Gasteiger partial charge in [-0.05, 0) is 42.7 Å². The predicted molar refractivity (Wildman–Crippen MR) is 138 cm³/mol. The lowest BCUT2D eigenvalue weighted by Crippen LogP contribution is -2.45. The Bertz CT molecular complexity index is 1180. The molecule has 1 heterocycles. The van der Waals surface area contributed by atoms with Crippen molar-refractivity contribution in [2.45, 2.75) is 75.9 Å². The van der Waals surface area contributed by atoms with Gasteiger partial charge in [0.15, 0.2) is 5.16 Å². The molecule has 0 saturated heterocycles. The van der Waals surface area contributed by atoms with E-state index in [1.165, 1.54) is 37.7 Å². The van der Waals surface area contributed by atoms with Crippen molar-refractivity contribution in [2.24, 2.45) is 5.92 Å². The number of rotatable bonds is 6. The molecule has 0 bridgehead atoms. The van der Waals surface area contributed by atoms with Crippen LogP contribution in [0.3, 0.4) is 0 Å². The number of benzene rings is 2. The molecule has 1 fully saturated rings. The predicted octanol–water partition coefficient (Wildman–Crippen LogP) is 6.85. The molecule has 3 nitrogen and oxygen atoms in total. The highest BCUT2D eigenvalue weighted by Gasteiger charge is 2.44. The molecule has 1 saturated carbocycles. The smallest absolute Gasteiger partial charge is 0.258 e. The topological polar surface area (TPSA) is 34.9 Å². The molecular formula is C29H34N2OS. The Labute approximate surface area is 201 Å². The number of thioether (sulfide) groups is 1. The molecule has 0 aliphatic heterocycles. The highest BCUT2D eigenvalue weighted by atomic mass is 32.2. The second-order valence-corrected chi connectivity index (χ2v) is 11.0. The van der Waals surface area contributed by atoms with Crippen molar-refractivity contribution in [3.63, 3.8) is 0 Å². The Morgan fingerprint density at radius 2 is 1.76 bits per heavy atom. The van der Waals surface area contributed by atoms with E-state index in [0.717, 1.165) is 46.1 Å². The highest BCUT2D eigenvalue weighted by Crippen LogP contribution is 2.49. The van der Waals surface area contributed by atoms with Gasteiger partial charge < -0.3 is 0 Å². The summed E-state index contributed by atoms with van der Waals surface area (Å²) in [7, 11) is 0. The molecular weight excluding hydrogens is 424 g/mol. The Morgan fingerprint density at radius 1 is 1.03 bits per heavy atom. The zero-order valence-electron chi connectivity index (χ0n) is 19.8. The largest absolute Gasteiger partial charge is 0.283 e. The van der Waals surface area contributed by atoms with E-state index in [1.807, 2.05) is 22.8 Å². The molecule has 33 heavy (non-hydrogen) atoms. The number of fused-ring (bicyclic) bond motifs is 3. The van der Waals surface area contributed by atoms with E-state index >= 15 is 0 Å². The molecule has 172 valence electrons. The van der Waals surface area contributed by atoms with Crippen LogP contribution in [0.1, 0.15) is 69.1 Å². The zero-order chi connectivity index (χ0) is 22.8. The molecule has 2 aliphatic rings. The maximum absolute atomic E-state index is 14.4. The monoisotopic (exact) mass is 458 g/mol. The Kier molecular flexibility index (Phi) is 6.47. The van der Waals surface area contributed by atoms with E-state index in [2.05, 4.69) is 50.2 Å². The third kappa shape index (κ3) is 4.19. The van der Waals surface area contributed by atoms with Gasteiger partial charge in [0.1, 0.15) is 0 Å². The Morgan fingerprint density at radius 3 is 2.52 bits per heavy atom. The maximum atomic E-state index is 14.4. The minimum atomic E-state index is -0.166. The fraction of sp³-hybridized carbons (Fsp3) is 0.448. The first-order chi connectivity index (χ1) is 16.1. The summed E-state index contributed by atoms with van der Waals surface area (Å²) < 4.78 is 1.96. The van der Waals surface area contributed by atoms with Gasteiger partial charge in [-0.3, -0.25) is 9.36 Å². The van der Waals surface area contributed by atoms with E-state index in [-0.39, 0.29) is 11.0 Å². The third-order valence-electron chi connectivity index (χ3n) is 7.66. The van der Waals surface area contributed by atoms with Crippen LogP contribution in [0.25, 0.3) is 11.3 Å².